The predicted octanol–water partition coefficient (Wildman–Crippen LogP) is 3.06. The van der Waals surface area contributed by atoms with Gasteiger partial charge in [-0.1, -0.05) is 31.2 Å². The first-order chi connectivity index (χ1) is 13.4. The smallest absolute Gasteiger partial charge is 0.227 e. The van der Waals surface area contributed by atoms with Crippen LogP contribution < -0.4 is 0 Å². The van der Waals surface area contributed by atoms with Crippen molar-refractivity contribution < 1.29 is 18.4 Å². The van der Waals surface area contributed by atoms with Crippen LogP contribution in [0, 0.1) is 17.6 Å². The molecule has 0 radical (unpaired) electrons. The van der Waals surface area contributed by atoms with Gasteiger partial charge < -0.3 is 9.80 Å². The minimum Gasteiger partial charge on any atom is -0.339 e. The molecule has 0 N–H and O–H groups in total. The summed E-state index contributed by atoms with van der Waals surface area (Å²) < 4.78 is 26.0. The number of hydrogen-bond donors (Lipinski definition) is 0. The third-order valence-corrected chi connectivity index (χ3v) is 5.09. The van der Waals surface area contributed by atoms with E-state index in [1.807, 2.05) is 6.92 Å². The van der Waals surface area contributed by atoms with Crippen molar-refractivity contribution in [1.29, 1.82) is 0 Å². The first kappa shape index (κ1) is 20.0. The standard InChI is InChI=1S/C22H24F2N2O2/c1-16(14-17-2-6-19(23)7-3-17)22(28)26-12-10-25(11-13-26)21(27)15-18-4-8-20(24)9-5-18/h2-9,16H,10-15H2,1H3. The van der Waals surface area contributed by atoms with Crippen LogP contribution >= 0.6 is 0 Å². The molecule has 2 aromatic rings. The summed E-state index contributed by atoms with van der Waals surface area (Å²) in [5.41, 5.74) is 1.70. The van der Waals surface area contributed by atoms with Gasteiger partial charge in [-0.25, -0.2) is 8.78 Å². The highest BCUT2D eigenvalue weighted by atomic mass is 19.1. The molecule has 1 aliphatic rings. The Balaban J connectivity index is 1.48. The van der Waals surface area contributed by atoms with E-state index >= 15 is 0 Å². The summed E-state index contributed by atoms with van der Waals surface area (Å²) in [6, 6.07) is 12.1. The van der Waals surface area contributed by atoms with Gasteiger partial charge in [-0.15, -0.1) is 0 Å². The topological polar surface area (TPSA) is 40.6 Å². The van der Waals surface area contributed by atoms with Crippen molar-refractivity contribution in [3.8, 4) is 0 Å². The molecular weight excluding hydrogens is 362 g/mol. The minimum absolute atomic E-state index is 0.0157. The Morgan fingerprint density at radius 2 is 1.29 bits per heavy atom. The molecule has 148 valence electrons. The number of carbonyl (C=O) groups is 2. The van der Waals surface area contributed by atoms with E-state index in [0.717, 1.165) is 11.1 Å². The van der Waals surface area contributed by atoms with Crippen LogP contribution in [0.3, 0.4) is 0 Å². The van der Waals surface area contributed by atoms with Gasteiger partial charge in [0.05, 0.1) is 6.42 Å². The molecule has 1 fully saturated rings. The monoisotopic (exact) mass is 386 g/mol. The second kappa shape index (κ2) is 8.95. The van der Waals surface area contributed by atoms with Crippen LogP contribution in [0.2, 0.25) is 0 Å². The van der Waals surface area contributed by atoms with Crippen molar-refractivity contribution in [2.75, 3.05) is 26.2 Å². The lowest BCUT2D eigenvalue weighted by Crippen LogP contribution is -2.52. The zero-order chi connectivity index (χ0) is 20.1. The second-order valence-corrected chi connectivity index (χ2v) is 7.24. The van der Waals surface area contributed by atoms with E-state index in [0.29, 0.717) is 32.6 Å². The van der Waals surface area contributed by atoms with Gasteiger partial charge in [0, 0.05) is 32.1 Å². The molecule has 1 aliphatic heterocycles. The van der Waals surface area contributed by atoms with Crippen LogP contribution in [0.25, 0.3) is 0 Å². The first-order valence-corrected chi connectivity index (χ1v) is 9.48. The Morgan fingerprint density at radius 3 is 1.82 bits per heavy atom. The molecule has 3 rings (SSSR count). The van der Waals surface area contributed by atoms with Crippen molar-refractivity contribution >= 4 is 11.8 Å². The van der Waals surface area contributed by atoms with Gasteiger partial charge in [-0.05, 0) is 41.8 Å². The van der Waals surface area contributed by atoms with Crippen molar-refractivity contribution in [2.24, 2.45) is 5.92 Å². The van der Waals surface area contributed by atoms with E-state index in [4.69, 9.17) is 0 Å². The SMILES string of the molecule is CC(Cc1ccc(F)cc1)C(=O)N1CCN(C(=O)Cc2ccc(F)cc2)CC1. The fraction of sp³-hybridized carbons (Fsp3) is 0.364. The molecule has 1 heterocycles. The minimum atomic E-state index is -0.321. The number of benzene rings is 2. The summed E-state index contributed by atoms with van der Waals surface area (Å²) in [6.45, 7) is 3.87. The van der Waals surface area contributed by atoms with Gasteiger partial charge in [-0.2, -0.15) is 0 Å². The fourth-order valence-electron chi connectivity index (χ4n) is 3.44. The first-order valence-electron chi connectivity index (χ1n) is 9.48. The van der Waals surface area contributed by atoms with E-state index in [1.54, 1.807) is 34.1 Å². The molecule has 0 aromatic heterocycles. The third kappa shape index (κ3) is 5.15. The quantitative estimate of drug-likeness (QED) is 0.793. The van der Waals surface area contributed by atoms with Gasteiger partial charge in [0.25, 0.3) is 0 Å². The van der Waals surface area contributed by atoms with E-state index in [2.05, 4.69) is 0 Å². The fourth-order valence-corrected chi connectivity index (χ4v) is 3.44. The molecule has 0 bridgehead atoms. The van der Waals surface area contributed by atoms with E-state index < -0.39 is 0 Å². The molecule has 1 saturated heterocycles. The summed E-state index contributed by atoms with van der Waals surface area (Å²) in [4.78, 5) is 28.6. The highest BCUT2D eigenvalue weighted by Crippen LogP contribution is 2.15. The number of piperazine rings is 1. The molecule has 4 nitrogen and oxygen atoms in total. The second-order valence-electron chi connectivity index (χ2n) is 7.24. The summed E-state index contributed by atoms with van der Waals surface area (Å²) in [7, 11) is 0. The van der Waals surface area contributed by atoms with Crippen LogP contribution in [0.1, 0.15) is 18.1 Å². The highest BCUT2D eigenvalue weighted by Gasteiger charge is 2.27. The number of nitrogens with zero attached hydrogens (tertiary/aromatic N) is 2. The molecule has 1 atom stereocenters. The van der Waals surface area contributed by atoms with Crippen LogP contribution in [-0.2, 0) is 22.4 Å². The molecule has 0 spiro atoms. The zero-order valence-electron chi connectivity index (χ0n) is 15.9. The molecule has 0 aliphatic carbocycles. The molecule has 1 unspecified atom stereocenters. The summed E-state index contributed by atoms with van der Waals surface area (Å²) in [5, 5.41) is 0. The third-order valence-electron chi connectivity index (χ3n) is 5.09. The van der Waals surface area contributed by atoms with Crippen molar-refractivity contribution in [3.63, 3.8) is 0 Å². The molecular formula is C22H24F2N2O2. The lowest BCUT2D eigenvalue weighted by atomic mass is 9.99. The maximum atomic E-state index is 13.0. The molecule has 2 amide bonds. The average molecular weight is 386 g/mol. The molecule has 6 heteroatoms. The van der Waals surface area contributed by atoms with Crippen LogP contribution in [0.5, 0.6) is 0 Å². The Morgan fingerprint density at radius 1 is 0.821 bits per heavy atom. The van der Waals surface area contributed by atoms with Gasteiger partial charge in [0.2, 0.25) is 11.8 Å². The van der Waals surface area contributed by atoms with E-state index in [9.17, 15) is 18.4 Å². The largest absolute Gasteiger partial charge is 0.339 e. The Kier molecular flexibility index (Phi) is 6.39. The Labute approximate surface area is 163 Å². The average Bonchev–Trinajstić information content (AvgIpc) is 2.71. The molecule has 2 aromatic carbocycles. The van der Waals surface area contributed by atoms with Gasteiger partial charge in [-0.3, -0.25) is 9.59 Å². The normalized spacial score (nSPS) is 15.4. The lowest BCUT2D eigenvalue weighted by Gasteiger charge is -2.36. The number of halogens is 2. The van der Waals surface area contributed by atoms with E-state index in [1.165, 1.54) is 24.3 Å². The van der Waals surface area contributed by atoms with E-state index in [-0.39, 0.29) is 35.8 Å². The summed E-state index contributed by atoms with van der Waals surface area (Å²) in [5.74, 6) is -0.776. The summed E-state index contributed by atoms with van der Waals surface area (Å²) in [6.07, 6.45) is 0.790. The van der Waals surface area contributed by atoms with Crippen LogP contribution in [-0.4, -0.2) is 47.8 Å². The van der Waals surface area contributed by atoms with Crippen LogP contribution in [0.4, 0.5) is 8.78 Å². The van der Waals surface area contributed by atoms with Gasteiger partial charge in [0.1, 0.15) is 11.6 Å². The zero-order valence-corrected chi connectivity index (χ0v) is 15.9. The van der Waals surface area contributed by atoms with Crippen LogP contribution in [0.15, 0.2) is 48.5 Å². The predicted molar refractivity (Wildman–Crippen MR) is 103 cm³/mol. The van der Waals surface area contributed by atoms with Crippen molar-refractivity contribution in [1.82, 2.24) is 9.80 Å². The lowest BCUT2D eigenvalue weighted by molar-refractivity contribution is -0.141. The Bertz CT molecular complexity index is 813. The maximum absolute atomic E-state index is 13.0. The number of rotatable bonds is 5. The summed E-state index contributed by atoms with van der Waals surface area (Å²) >= 11 is 0. The highest BCUT2D eigenvalue weighted by molar-refractivity contribution is 5.81. The van der Waals surface area contributed by atoms with Crippen molar-refractivity contribution in [3.05, 3.63) is 71.3 Å². The molecule has 28 heavy (non-hydrogen) atoms. The number of carbonyl (C=O) groups excluding carboxylic acids is 2. The molecule has 0 saturated carbocycles. The van der Waals surface area contributed by atoms with Gasteiger partial charge in [0.15, 0.2) is 0 Å². The Hall–Kier alpha value is -2.76. The number of amides is 2. The van der Waals surface area contributed by atoms with Crippen molar-refractivity contribution in [2.45, 2.75) is 19.8 Å². The maximum Gasteiger partial charge on any atom is 0.227 e. The number of hydrogen-bond acceptors (Lipinski definition) is 2. The van der Waals surface area contributed by atoms with Gasteiger partial charge >= 0.3 is 0 Å².